The van der Waals surface area contributed by atoms with Gasteiger partial charge in [0.05, 0.1) is 19.1 Å². The highest BCUT2D eigenvalue weighted by Gasteiger charge is 2.31. The number of methoxy groups -OCH3 is 1. The van der Waals surface area contributed by atoms with Gasteiger partial charge < -0.3 is 15.0 Å². The van der Waals surface area contributed by atoms with E-state index in [1.807, 2.05) is 38.1 Å². The number of hydrogen-bond donors (Lipinski definition) is 1. The summed E-state index contributed by atoms with van der Waals surface area (Å²) in [5, 5.41) is 3.20. The van der Waals surface area contributed by atoms with Gasteiger partial charge in [0.1, 0.15) is 11.8 Å². The maximum absolute atomic E-state index is 13.7. The summed E-state index contributed by atoms with van der Waals surface area (Å²) in [7, 11) is -2.11. The molecule has 2 aromatic carbocycles. The van der Waals surface area contributed by atoms with E-state index in [9.17, 15) is 18.0 Å². The van der Waals surface area contributed by atoms with Crippen LogP contribution in [0.4, 0.5) is 5.69 Å². The van der Waals surface area contributed by atoms with Crippen LogP contribution in [-0.4, -0.2) is 57.1 Å². The number of anilines is 1. The van der Waals surface area contributed by atoms with E-state index in [-0.39, 0.29) is 30.8 Å². The van der Waals surface area contributed by atoms with Gasteiger partial charge in [0.15, 0.2) is 0 Å². The summed E-state index contributed by atoms with van der Waals surface area (Å²) < 4.78 is 31.9. The smallest absolute Gasteiger partial charge is 0.243 e. The van der Waals surface area contributed by atoms with Crippen molar-refractivity contribution in [1.82, 2.24) is 10.2 Å². The molecule has 0 unspecified atom stereocenters. The SMILES string of the molecule is CC[C@@H](C(=O)NC1CCCCC1)N(Cc1ccccc1C)C(=O)CCCN(c1ccccc1OC)S(C)(=O)=O. The molecule has 3 rings (SSSR count). The Balaban J connectivity index is 1.78. The maximum Gasteiger partial charge on any atom is 0.243 e. The Morgan fingerprint density at radius 2 is 1.72 bits per heavy atom. The average Bonchev–Trinajstić information content (AvgIpc) is 2.91. The summed E-state index contributed by atoms with van der Waals surface area (Å²) in [6, 6.07) is 14.3. The molecule has 8 nitrogen and oxygen atoms in total. The lowest BCUT2D eigenvalue weighted by molar-refractivity contribution is -0.141. The number of amides is 2. The molecular formula is C30H43N3O5S. The van der Waals surface area contributed by atoms with E-state index in [1.54, 1.807) is 29.2 Å². The highest BCUT2D eigenvalue weighted by molar-refractivity contribution is 7.92. The fourth-order valence-electron chi connectivity index (χ4n) is 5.25. The summed E-state index contributed by atoms with van der Waals surface area (Å²) >= 11 is 0. The van der Waals surface area contributed by atoms with Crippen molar-refractivity contribution in [3.05, 3.63) is 59.7 Å². The van der Waals surface area contributed by atoms with Crippen molar-refractivity contribution in [3.8, 4) is 5.75 Å². The van der Waals surface area contributed by atoms with Crippen LogP contribution in [0.15, 0.2) is 48.5 Å². The van der Waals surface area contributed by atoms with Crippen molar-refractivity contribution in [3.63, 3.8) is 0 Å². The third kappa shape index (κ3) is 8.46. The number of rotatable bonds is 13. The van der Waals surface area contributed by atoms with E-state index >= 15 is 0 Å². The molecular weight excluding hydrogens is 514 g/mol. The lowest BCUT2D eigenvalue weighted by Crippen LogP contribution is -2.51. The summed E-state index contributed by atoms with van der Waals surface area (Å²) in [4.78, 5) is 28.8. The summed E-state index contributed by atoms with van der Waals surface area (Å²) in [6.07, 6.45) is 7.40. The molecule has 1 atom stereocenters. The Bertz CT molecular complexity index is 1210. The van der Waals surface area contributed by atoms with E-state index in [0.717, 1.165) is 43.1 Å². The van der Waals surface area contributed by atoms with Crippen LogP contribution in [0.5, 0.6) is 5.75 Å². The highest BCUT2D eigenvalue weighted by atomic mass is 32.2. The maximum atomic E-state index is 13.7. The van der Waals surface area contributed by atoms with Gasteiger partial charge in [-0.2, -0.15) is 0 Å². The Hall–Kier alpha value is -3.07. The fourth-order valence-corrected chi connectivity index (χ4v) is 6.22. The van der Waals surface area contributed by atoms with Crippen molar-refractivity contribution < 1.29 is 22.7 Å². The zero-order valence-corrected chi connectivity index (χ0v) is 24.5. The number of carbonyl (C=O) groups is 2. The Morgan fingerprint density at radius 1 is 1.05 bits per heavy atom. The molecule has 0 spiro atoms. The Labute approximate surface area is 233 Å². The lowest BCUT2D eigenvalue weighted by atomic mass is 9.95. The quantitative estimate of drug-likeness (QED) is 0.382. The largest absolute Gasteiger partial charge is 0.495 e. The first-order chi connectivity index (χ1) is 18.7. The number of hydrogen-bond acceptors (Lipinski definition) is 5. The summed E-state index contributed by atoms with van der Waals surface area (Å²) in [6.45, 7) is 4.37. The number of para-hydroxylation sites is 2. The van der Waals surface area contributed by atoms with Gasteiger partial charge in [-0.25, -0.2) is 8.42 Å². The molecule has 1 N–H and O–H groups in total. The third-order valence-corrected chi connectivity index (χ3v) is 8.63. The molecule has 0 heterocycles. The van der Waals surface area contributed by atoms with Gasteiger partial charge in [0.25, 0.3) is 0 Å². The molecule has 1 aliphatic carbocycles. The molecule has 0 bridgehead atoms. The molecule has 0 radical (unpaired) electrons. The van der Waals surface area contributed by atoms with E-state index in [4.69, 9.17) is 4.74 Å². The first kappa shape index (κ1) is 30.5. The lowest BCUT2D eigenvalue weighted by Gasteiger charge is -2.33. The topological polar surface area (TPSA) is 96.0 Å². The zero-order chi connectivity index (χ0) is 28.4. The van der Waals surface area contributed by atoms with E-state index < -0.39 is 16.1 Å². The van der Waals surface area contributed by atoms with E-state index in [1.165, 1.54) is 17.8 Å². The molecule has 2 aromatic rings. The monoisotopic (exact) mass is 557 g/mol. The van der Waals surface area contributed by atoms with Gasteiger partial charge in [-0.15, -0.1) is 0 Å². The van der Waals surface area contributed by atoms with Crippen LogP contribution in [0.25, 0.3) is 0 Å². The van der Waals surface area contributed by atoms with Gasteiger partial charge in [-0.05, 0) is 55.9 Å². The molecule has 2 amide bonds. The molecule has 1 fully saturated rings. The first-order valence-electron chi connectivity index (χ1n) is 13.9. The van der Waals surface area contributed by atoms with Gasteiger partial charge in [-0.3, -0.25) is 13.9 Å². The number of nitrogens with one attached hydrogen (secondary N) is 1. The van der Waals surface area contributed by atoms with Crippen molar-refractivity contribution in [2.45, 2.75) is 83.8 Å². The molecule has 0 saturated heterocycles. The number of benzene rings is 2. The molecule has 1 saturated carbocycles. The summed E-state index contributed by atoms with van der Waals surface area (Å²) in [5.41, 5.74) is 2.48. The van der Waals surface area contributed by atoms with Crippen LogP contribution >= 0.6 is 0 Å². The van der Waals surface area contributed by atoms with Gasteiger partial charge in [0.2, 0.25) is 21.8 Å². The standard InChI is InChI=1S/C30H43N3O5S/c1-5-26(30(35)31-25-16-7-6-8-17-25)32(22-24-15-10-9-14-23(24)2)29(34)20-13-21-33(39(4,36)37)27-18-11-12-19-28(27)38-3/h9-12,14-15,18-19,25-26H,5-8,13,16-17,20-22H2,1-4H3,(H,31,35)/t26-/m0/s1. The minimum Gasteiger partial charge on any atom is -0.495 e. The second kappa shape index (κ2) is 14.4. The Kier molecular flexibility index (Phi) is 11.2. The predicted molar refractivity (Wildman–Crippen MR) is 155 cm³/mol. The first-order valence-corrected chi connectivity index (χ1v) is 15.8. The van der Waals surface area contributed by atoms with Crippen molar-refractivity contribution in [2.24, 2.45) is 0 Å². The third-order valence-electron chi connectivity index (χ3n) is 7.45. The normalized spacial score (nSPS) is 14.9. The molecule has 214 valence electrons. The number of nitrogens with zero attached hydrogens (tertiary/aromatic N) is 2. The summed E-state index contributed by atoms with van der Waals surface area (Å²) in [5.74, 6) is 0.163. The van der Waals surface area contributed by atoms with E-state index in [0.29, 0.717) is 30.8 Å². The Morgan fingerprint density at radius 3 is 2.36 bits per heavy atom. The molecule has 0 aromatic heterocycles. The van der Waals surface area contributed by atoms with Crippen LogP contribution in [-0.2, 0) is 26.2 Å². The number of aryl methyl sites for hydroxylation is 1. The second-order valence-corrected chi connectivity index (χ2v) is 12.2. The van der Waals surface area contributed by atoms with Crippen LogP contribution in [0.2, 0.25) is 0 Å². The fraction of sp³-hybridized carbons (Fsp3) is 0.533. The minimum absolute atomic E-state index is 0.111. The van der Waals surface area contributed by atoms with Crippen molar-refractivity contribution >= 4 is 27.5 Å². The van der Waals surface area contributed by atoms with Crippen LogP contribution in [0, 0.1) is 6.92 Å². The van der Waals surface area contributed by atoms with Gasteiger partial charge in [-0.1, -0.05) is 62.6 Å². The molecule has 0 aliphatic heterocycles. The van der Waals surface area contributed by atoms with Crippen LogP contribution in [0.3, 0.4) is 0 Å². The molecule has 9 heteroatoms. The number of ether oxygens (including phenoxy) is 1. The van der Waals surface area contributed by atoms with E-state index in [2.05, 4.69) is 5.32 Å². The highest BCUT2D eigenvalue weighted by Crippen LogP contribution is 2.30. The predicted octanol–water partition coefficient (Wildman–Crippen LogP) is 4.81. The number of carbonyl (C=O) groups excluding carboxylic acids is 2. The van der Waals surface area contributed by atoms with Gasteiger partial charge >= 0.3 is 0 Å². The second-order valence-electron chi connectivity index (χ2n) is 10.3. The van der Waals surface area contributed by atoms with Crippen molar-refractivity contribution in [2.75, 3.05) is 24.2 Å². The minimum atomic E-state index is -3.61. The average molecular weight is 558 g/mol. The van der Waals surface area contributed by atoms with Crippen LogP contribution in [0.1, 0.15) is 69.4 Å². The molecule has 1 aliphatic rings. The van der Waals surface area contributed by atoms with Crippen molar-refractivity contribution in [1.29, 1.82) is 0 Å². The molecule has 39 heavy (non-hydrogen) atoms. The zero-order valence-electron chi connectivity index (χ0n) is 23.7. The van der Waals surface area contributed by atoms with Gasteiger partial charge in [0, 0.05) is 25.6 Å². The number of sulfonamides is 1. The van der Waals surface area contributed by atoms with Crippen LogP contribution < -0.4 is 14.4 Å².